The van der Waals surface area contributed by atoms with E-state index in [9.17, 15) is 4.79 Å². The Balaban J connectivity index is 2.01. The third-order valence-electron chi connectivity index (χ3n) is 3.61. The maximum Gasteiger partial charge on any atom is 0.258 e. The van der Waals surface area contributed by atoms with Crippen LogP contribution in [0, 0.1) is 0 Å². The van der Waals surface area contributed by atoms with Crippen molar-refractivity contribution in [2.75, 3.05) is 10.6 Å². The van der Waals surface area contributed by atoms with E-state index in [0.717, 1.165) is 27.8 Å². The third kappa shape index (κ3) is 2.20. The van der Waals surface area contributed by atoms with Crippen LogP contribution in [0.2, 0.25) is 0 Å². The van der Waals surface area contributed by atoms with E-state index in [2.05, 4.69) is 22.9 Å². The van der Waals surface area contributed by atoms with Gasteiger partial charge in [0.05, 0.1) is 0 Å². The van der Waals surface area contributed by atoms with Crippen LogP contribution in [0.15, 0.2) is 46.9 Å². The van der Waals surface area contributed by atoms with Crippen molar-refractivity contribution in [2.24, 2.45) is 0 Å². The van der Waals surface area contributed by atoms with Crippen LogP contribution in [0.5, 0.6) is 0 Å². The summed E-state index contributed by atoms with van der Waals surface area (Å²) in [7, 11) is 0. The molecule has 1 heterocycles. The molecule has 1 aliphatic heterocycles. The molecule has 1 aliphatic rings. The molecular weight excluding hydrogens is 316 g/mol. The molecule has 1 unspecified atom stereocenters. The summed E-state index contributed by atoms with van der Waals surface area (Å²) in [6.45, 7) is 2.06. The monoisotopic (exact) mass is 330 g/mol. The van der Waals surface area contributed by atoms with Crippen molar-refractivity contribution >= 4 is 33.2 Å². The Morgan fingerprint density at radius 1 is 1.30 bits per heavy atom. The van der Waals surface area contributed by atoms with Gasteiger partial charge < -0.3 is 10.6 Å². The van der Waals surface area contributed by atoms with Gasteiger partial charge in [-0.3, -0.25) is 4.79 Å². The number of anilines is 2. The molecule has 0 aliphatic carbocycles. The standard InChI is InChI=1S/C16H15BrN2O/c1-10-7-12-9-14(18)5-6-15(12)19(10)16(20)11-3-2-4-13(17)8-11/h2-6,8-10H,7,18H2,1H3. The molecule has 3 nitrogen and oxygen atoms in total. The lowest BCUT2D eigenvalue weighted by molar-refractivity contribution is 0.0981. The van der Waals surface area contributed by atoms with E-state index in [1.807, 2.05) is 47.4 Å². The molecule has 1 atom stereocenters. The van der Waals surface area contributed by atoms with Crippen LogP contribution in [0.4, 0.5) is 11.4 Å². The van der Waals surface area contributed by atoms with Crippen LogP contribution >= 0.6 is 15.9 Å². The smallest absolute Gasteiger partial charge is 0.258 e. The first-order chi connectivity index (χ1) is 9.56. The molecule has 1 amide bonds. The van der Waals surface area contributed by atoms with E-state index in [-0.39, 0.29) is 11.9 Å². The number of carbonyl (C=O) groups excluding carboxylic acids is 1. The summed E-state index contributed by atoms with van der Waals surface area (Å²) >= 11 is 3.41. The van der Waals surface area contributed by atoms with Crippen LogP contribution in [0.1, 0.15) is 22.8 Å². The molecule has 0 saturated carbocycles. The van der Waals surface area contributed by atoms with E-state index < -0.39 is 0 Å². The lowest BCUT2D eigenvalue weighted by atomic mass is 10.1. The highest BCUT2D eigenvalue weighted by atomic mass is 79.9. The number of amides is 1. The van der Waals surface area contributed by atoms with Crippen LogP contribution in [-0.4, -0.2) is 11.9 Å². The first kappa shape index (κ1) is 13.2. The Hall–Kier alpha value is -1.81. The van der Waals surface area contributed by atoms with Gasteiger partial charge in [0.2, 0.25) is 0 Å². The minimum Gasteiger partial charge on any atom is -0.399 e. The van der Waals surface area contributed by atoms with Crippen LogP contribution in [0.3, 0.4) is 0 Å². The van der Waals surface area contributed by atoms with Gasteiger partial charge in [0.15, 0.2) is 0 Å². The van der Waals surface area contributed by atoms with E-state index in [1.165, 1.54) is 0 Å². The molecule has 2 N–H and O–H groups in total. The third-order valence-corrected chi connectivity index (χ3v) is 4.10. The minimum atomic E-state index is 0.0299. The second-order valence-electron chi connectivity index (χ2n) is 5.13. The van der Waals surface area contributed by atoms with E-state index in [1.54, 1.807) is 0 Å². The fourth-order valence-electron chi connectivity index (χ4n) is 2.72. The summed E-state index contributed by atoms with van der Waals surface area (Å²) < 4.78 is 0.910. The first-order valence-corrected chi connectivity index (χ1v) is 7.33. The zero-order chi connectivity index (χ0) is 14.3. The maximum atomic E-state index is 12.7. The number of rotatable bonds is 1. The highest BCUT2D eigenvalue weighted by Crippen LogP contribution is 2.34. The Bertz CT molecular complexity index is 684. The van der Waals surface area contributed by atoms with Gasteiger partial charge in [0.1, 0.15) is 0 Å². The van der Waals surface area contributed by atoms with Gasteiger partial charge in [-0.25, -0.2) is 0 Å². The number of halogens is 1. The lowest BCUT2D eigenvalue weighted by Crippen LogP contribution is -2.35. The number of nitrogens with zero attached hydrogens (tertiary/aromatic N) is 1. The fraction of sp³-hybridized carbons (Fsp3) is 0.188. The molecule has 2 aromatic rings. The van der Waals surface area contributed by atoms with Crippen molar-refractivity contribution in [3.05, 3.63) is 58.1 Å². The largest absolute Gasteiger partial charge is 0.399 e. The van der Waals surface area contributed by atoms with Crippen molar-refractivity contribution in [3.63, 3.8) is 0 Å². The van der Waals surface area contributed by atoms with Gasteiger partial charge in [-0.1, -0.05) is 22.0 Å². The van der Waals surface area contributed by atoms with Crippen molar-refractivity contribution < 1.29 is 4.79 Å². The van der Waals surface area contributed by atoms with Gasteiger partial charge in [-0.2, -0.15) is 0 Å². The van der Waals surface area contributed by atoms with Crippen LogP contribution in [-0.2, 0) is 6.42 Å². The van der Waals surface area contributed by atoms with Crippen molar-refractivity contribution in [2.45, 2.75) is 19.4 Å². The Morgan fingerprint density at radius 3 is 2.85 bits per heavy atom. The lowest BCUT2D eigenvalue weighted by Gasteiger charge is -2.23. The number of nitrogens with two attached hydrogens (primary N) is 1. The topological polar surface area (TPSA) is 46.3 Å². The molecular formula is C16H15BrN2O. The van der Waals surface area contributed by atoms with Crippen LogP contribution < -0.4 is 10.6 Å². The second-order valence-corrected chi connectivity index (χ2v) is 6.04. The molecule has 20 heavy (non-hydrogen) atoms. The fourth-order valence-corrected chi connectivity index (χ4v) is 3.12. The average molecular weight is 331 g/mol. The molecule has 0 aromatic heterocycles. The predicted molar refractivity (Wildman–Crippen MR) is 85.0 cm³/mol. The van der Waals surface area contributed by atoms with E-state index in [0.29, 0.717) is 5.56 Å². The summed E-state index contributed by atoms with van der Waals surface area (Å²) in [6, 6.07) is 13.4. The summed E-state index contributed by atoms with van der Waals surface area (Å²) in [4.78, 5) is 14.6. The van der Waals surface area contributed by atoms with Gasteiger partial charge in [0.25, 0.3) is 5.91 Å². The van der Waals surface area contributed by atoms with E-state index in [4.69, 9.17) is 5.73 Å². The van der Waals surface area contributed by atoms with E-state index >= 15 is 0 Å². The van der Waals surface area contributed by atoms with Crippen molar-refractivity contribution in [1.82, 2.24) is 0 Å². The molecule has 0 bridgehead atoms. The zero-order valence-electron chi connectivity index (χ0n) is 11.1. The molecule has 0 saturated heterocycles. The van der Waals surface area contributed by atoms with Gasteiger partial charge >= 0.3 is 0 Å². The summed E-state index contributed by atoms with van der Waals surface area (Å²) in [5.74, 6) is 0.0299. The summed E-state index contributed by atoms with van der Waals surface area (Å²) in [6.07, 6.45) is 0.847. The Labute approximate surface area is 126 Å². The van der Waals surface area contributed by atoms with Crippen LogP contribution in [0.25, 0.3) is 0 Å². The zero-order valence-corrected chi connectivity index (χ0v) is 12.7. The van der Waals surface area contributed by atoms with Crippen molar-refractivity contribution in [1.29, 1.82) is 0 Å². The number of carbonyl (C=O) groups is 1. The Morgan fingerprint density at radius 2 is 2.10 bits per heavy atom. The number of nitrogen functional groups attached to an aromatic ring is 1. The number of hydrogen-bond acceptors (Lipinski definition) is 2. The first-order valence-electron chi connectivity index (χ1n) is 6.54. The number of hydrogen-bond donors (Lipinski definition) is 1. The minimum absolute atomic E-state index is 0.0299. The quantitative estimate of drug-likeness (QED) is 0.811. The van der Waals surface area contributed by atoms with Gasteiger partial charge in [-0.05, 0) is 55.3 Å². The second kappa shape index (κ2) is 4.94. The van der Waals surface area contributed by atoms with Gasteiger partial charge in [0, 0.05) is 27.5 Å². The average Bonchev–Trinajstić information content (AvgIpc) is 2.73. The Kier molecular flexibility index (Phi) is 3.26. The van der Waals surface area contributed by atoms with Gasteiger partial charge in [-0.15, -0.1) is 0 Å². The maximum absolute atomic E-state index is 12.7. The molecule has 0 radical (unpaired) electrons. The summed E-state index contributed by atoms with van der Waals surface area (Å²) in [5, 5.41) is 0. The number of fused-ring (bicyclic) bond motifs is 1. The molecule has 4 heteroatoms. The molecule has 3 rings (SSSR count). The molecule has 102 valence electrons. The highest BCUT2D eigenvalue weighted by molar-refractivity contribution is 9.10. The summed E-state index contributed by atoms with van der Waals surface area (Å²) in [5.41, 5.74) is 9.36. The highest BCUT2D eigenvalue weighted by Gasteiger charge is 2.31. The molecule has 0 spiro atoms. The molecule has 0 fully saturated rings. The predicted octanol–water partition coefficient (Wildman–Crippen LogP) is 3.62. The molecule has 2 aromatic carbocycles. The SMILES string of the molecule is CC1Cc2cc(N)ccc2N1C(=O)c1cccc(Br)c1. The van der Waals surface area contributed by atoms with Crippen molar-refractivity contribution in [3.8, 4) is 0 Å². The normalized spacial score (nSPS) is 17.1. The number of benzene rings is 2.